The summed E-state index contributed by atoms with van der Waals surface area (Å²) in [6.07, 6.45) is 8.46. The van der Waals surface area contributed by atoms with Crippen molar-refractivity contribution in [3.63, 3.8) is 0 Å². The number of unbranched alkanes of at least 4 members (excludes halogenated alkanes) is 5. The van der Waals surface area contributed by atoms with Gasteiger partial charge in [0.1, 0.15) is 11.5 Å². The number of alkyl halides is 1. The summed E-state index contributed by atoms with van der Waals surface area (Å²) >= 11 is 3.45. The molecule has 2 nitrogen and oxygen atoms in total. The smallest absolute Gasteiger partial charge is 0.119 e. The lowest BCUT2D eigenvalue weighted by atomic mass is 10.1. The van der Waals surface area contributed by atoms with E-state index in [2.05, 4.69) is 59.3 Å². The topological polar surface area (TPSA) is 18.5 Å². The Kier molecular flexibility index (Phi) is 9.04. The SMILES string of the molecule is CCCCCCOc1ccc2cc(OCCCCCBr)ccc2c1. The van der Waals surface area contributed by atoms with Crippen molar-refractivity contribution in [3.8, 4) is 11.5 Å². The molecule has 0 bridgehead atoms. The van der Waals surface area contributed by atoms with E-state index < -0.39 is 0 Å². The second-order valence-corrected chi connectivity index (χ2v) is 6.97. The molecule has 3 heteroatoms. The fourth-order valence-corrected chi connectivity index (χ4v) is 3.06. The van der Waals surface area contributed by atoms with Gasteiger partial charge in [-0.15, -0.1) is 0 Å². The lowest BCUT2D eigenvalue weighted by molar-refractivity contribution is 0.305. The Balaban J connectivity index is 1.83. The summed E-state index contributed by atoms with van der Waals surface area (Å²) in [7, 11) is 0. The van der Waals surface area contributed by atoms with E-state index in [1.807, 2.05) is 0 Å². The van der Waals surface area contributed by atoms with Crippen LogP contribution >= 0.6 is 15.9 Å². The predicted molar refractivity (Wildman–Crippen MR) is 107 cm³/mol. The van der Waals surface area contributed by atoms with Crippen LogP contribution in [0.1, 0.15) is 51.9 Å². The van der Waals surface area contributed by atoms with Gasteiger partial charge in [0, 0.05) is 5.33 Å². The maximum absolute atomic E-state index is 5.86. The first-order chi connectivity index (χ1) is 11.8. The molecule has 0 saturated carbocycles. The highest BCUT2D eigenvalue weighted by molar-refractivity contribution is 9.09. The third-order valence-corrected chi connectivity index (χ3v) is 4.66. The maximum atomic E-state index is 5.86. The van der Waals surface area contributed by atoms with Gasteiger partial charge in [0.2, 0.25) is 0 Å². The van der Waals surface area contributed by atoms with E-state index in [4.69, 9.17) is 9.47 Å². The van der Waals surface area contributed by atoms with Crippen LogP contribution in [-0.4, -0.2) is 18.5 Å². The average Bonchev–Trinajstić information content (AvgIpc) is 2.61. The number of hydrogen-bond donors (Lipinski definition) is 0. The zero-order valence-electron chi connectivity index (χ0n) is 14.7. The largest absolute Gasteiger partial charge is 0.494 e. The lowest BCUT2D eigenvalue weighted by Crippen LogP contribution is -1.98. The third kappa shape index (κ3) is 6.72. The number of benzene rings is 2. The lowest BCUT2D eigenvalue weighted by Gasteiger charge is -2.09. The quantitative estimate of drug-likeness (QED) is 0.294. The van der Waals surface area contributed by atoms with Crippen LogP contribution in [0.25, 0.3) is 10.8 Å². The molecule has 0 saturated heterocycles. The summed E-state index contributed by atoms with van der Waals surface area (Å²) in [4.78, 5) is 0. The molecule has 2 aromatic carbocycles. The first-order valence-corrected chi connectivity index (χ1v) is 10.3. The Labute approximate surface area is 154 Å². The monoisotopic (exact) mass is 392 g/mol. The molecular formula is C21H29BrO2. The fraction of sp³-hybridized carbons (Fsp3) is 0.524. The Morgan fingerprint density at radius 1 is 0.708 bits per heavy atom. The van der Waals surface area contributed by atoms with Crippen LogP contribution in [0.5, 0.6) is 11.5 Å². The van der Waals surface area contributed by atoms with Crippen molar-refractivity contribution in [2.75, 3.05) is 18.5 Å². The van der Waals surface area contributed by atoms with Gasteiger partial charge in [-0.2, -0.15) is 0 Å². The van der Waals surface area contributed by atoms with Crippen LogP contribution < -0.4 is 9.47 Å². The normalized spacial score (nSPS) is 10.9. The highest BCUT2D eigenvalue weighted by Crippen LogP contribution is 2.25. The van der Waals surface area contributed by atoms with Crippen molar-refractivity contribution < 1.29 is 9.47 Å². The molecule has 0 aliphatic rings. The Morgan fingerprint density at radius 2 is 1.25 bits per heavy atom. The molecule has 0 heterocycles. The van der Waals surface area contributed by atoms with Crippen molar-refractivity contribution in [1.82, 2.24) is 0 Å². The van der Waals surface area contributed by atoms with E-state index in [0.717, 1.165) is 42.9 Å². The molecule has 0 fully saturated rings. The molecular weight excluding hydrogens is 364 g/mol. The first-order valence-electron chi connectivity index (χ1n) is 9.19. The van der Waals surface area contributed by atoms with Gasteiger partial charge in [0.05, 0.1) is 13.2 Å². The molecule has 0 radical (unpaired) electrons. The minimum atomic E-state index is 0.789. The van der Waals surface area contributed by atoms with Crippen LogP contribution in [0, 0.1) is 0 Å². The molecule has 0 aliphatic carbocycles. The van der Waals surface area contributed by atoms with Crippen molar-refractivity contribution in [2.45, 2.75) is 51.9 Å². The van der Waals surface area contributed by atoms with Crippen LogP contribution in [-0.2, 0) is 0 Å². The average molecular weight is 393 g/mol. The number of fused-ring (bicyclic) bond motifs is 1. The number of ether oxygens (including phenoxy) is 2. The zero-order chi connectivity index (χ0) is 17.0. The molecule has 0 atom stereocenters. The van der Waals surface area contributed by atoms with Gasteiger partial charge in [-0.3, -0.25) is 0 Å². The summed E-state index contributed by atoms with van der Waals surface area (Å²) in [5.74, 6) is 1.91. The van der Waals surface area contributed by atoms with E-state index in [1.165, 1.54) is 42.9 Å². The highest BCUT2D eigenvalue weighted by atomic mass is 79.9. The van der Waals surface area contributed by atoms with Crippen LogP contribution in [0.2, 0.25) is 0 Å². The fourth-order valence-electron chi connectivity index (χ4n) is 2.66. The van der Waals surface area contributed by atoms with Crippen molar-refractivity contribution in [2.24, 2.45) is 0 Å². The molecule has 132 valence electrons. The van der Waals surface area contributed by atoms with E-state index in [9.17, 15) is 0 Å². The molecule has 0 N–H and O–H groups in total. The minimum Gasteiger partial charge on any atom is -0.494 e. The van der Waals surface area contributed by atoms with Crippen LogP contribution in [0.3, 0.4) is 0 Å². The maximum Gasteiger partial charge on any atom is 0.119 e. The van der Waals surface area contributed by atoms with Gasteiger partial charge in [-0.25, -0.2) is 0 Å². The number of halogens is 1. The van der Waals surface area contributed by atoms with E-state index in [-0.39, 0.29) is 0 Å². The van der Waals surface area contributed by atoms with Crippen molar-refractivity contribution >= 4 is 26.7 Å². The summed E-state index contributed by atoms with van der Waals surface area (Å²) in [6.45, 7) is 3.82. The standard InChI is InChI=1S/C21H29BrO2/c1-2-3-4-7-14-23-20-11-9-19-17-21(12-10-18(19)16-20)24-15-8-5-6-13-22/h9-12,16-17H,2-8,13-15H2,1H3. The van der Waals surface area contributed by atoms with Gasteiger partial charge in [0.25, 0.3) is 0 Å². The molecule has 0 unspecified atom stereocenters. The van der Waals surface area contributed by atoms with Crippen LogP contribution in [0.15, 0.2) is 36.4 Å². The number of hydrogen-bond acceptors (Lipinski definition) is 2. The Hall–Kier alpha value is -1.22. The molecule has 0 amide bonds. The van der Waals surface area contributed by atoms with Gasteiger partial charge in [-0.05, 0) is 60.7 Å². The summed E-state index contributed by atoms with van der Waals surface area (Å²) < 4.78 is 11.7. The predicted octanol–water partition coefficient (Wildman–Crippen LogP) is 6.74. The van der Waals surface area contributed by atoms with E-state index in [0.29, 0.717) is 0 Å². The van der Waals surface area contributed by atoms with Gasteiger partial charge < -0.3 is 9.47 Å². The second kappa shape index (κ2) is 11.4. The molecule has 2 aromatic rings. The van der Waals surface area contributed by atoms with Gasteiger partial charge in [-0.1, -0.05) is 54.2 Å². The zero-order valence-corrected chi connectivity index (χ0v) is 16.3. The Bertz CT molecular complexity index is 544. The molecule has 2 rings (SSSR count). The second-order valence-electron chi connectivity index (χ2n) is 6.18. The third-order valence-electron chi connectivity index (χ3n) is 4.10. The molecule has 0 aliphatic heterocycles. The molecule has 0 aromatic heterocycles. The van der Waals surface area contributed by atoms with Crippen LogP contribution in [0.4, 0.5) is 0 Å². The summed E-state index contributed by atoms with van der Waals surface area (Å²) in [5.41, 5.74) is 0. The van der Waals surface area contributed by atoms with E-state index >= 15 is 0 Å². The summed E-state index contributed by atoms with van der Waals surface area (Å²) in [6, 6.07) is 12.6. The first kappa shape index (κ1) is 19.1. The van der Waals surface area contributed by atoms with Gasteiger partial charge in [0.15, 0.2) is 0 Å². The molecule has 24 heavy (non-hydrogen) atoms. The Morgan fingerprint density at radius 3 is 1.75 bits per heavy atom. The van der Waals surface area contributed by atoms with Gasteiger partial charge >= 0.3 is 0 Å². The van der Waals surface area contributed by atoms with Crippen molar-refractivity contribution in [3.05, 3.63) is 36.4 Å². The van der Waals surface area contributed by atoms with E-state index in [1.54, 1.807) is 0 Å². The summed E-state index contributed by atoms with van der Waals surface area (Å²) in [5, 5.41) is 3.48. The minimum absolute atomic E-state index is 0.789. The highest BCUT2D eigenvalue weighted by Gasteiger charge is 2.01. The number of rotatable bonds is 12. The molecule has 0 spiro atoms. The van der Waals surface area contributed by atoms with Crippen molar-refractivity contribution in [1.29, 1.82) is 0 Å².